The molecular formula is C34H38N2O5. The summed E-state index contributed by atoms with van der Waals surface area (Å²) in [5.41, 5.74) is 2.82. The number of esters is 1. The molecule has 7 heteroatoms. The van der Waals surface area contributed by atoms with Crippen LogP contribution in [0.1, 0.15) is 42.0 Å². The van der Waals surface area contributed by atoms with Gasteiger partial charge in [-0.25, -0.2) is 0 Å². The number of amides is 2. The Balaban J connectivity index is 1.55. The highest BCUT2D eigenvalue weighted by Gasteiger charge is 2.28. The third-order valence-corrected chi connectivity index (χ3v) is 7.31. The molecule has 1 aliphatic rings. The van der Waals surface area contributed by atoms with Crippen molar-refractivity contribution in [3.63, 3.8) is 0 Å². The molecule has 3 aromatic carbocycles. The quantitative estimate of drug-likeness (QED) is 0.297. The van der Waals surface area contributed by atoms with Crippen molar-refractivity contribution in [2.45, 2.75) is 38.3 Å². The standard InChI is InChI=1S/C34H38N2O5/c37-21-20-36(24-27-14-6-2-7-15-27)32(38)23-29-18-10-11-19-30(22-26-12-4-1-5-13-26)34(40)41-25-31(35-33(29)39)28-16-8-3-9-17-28/h1-17,29-31,37H,18-25H2,(H,35,39)/t29-,30+,31-/m1/s1. The van der Waals surface area contributed by atoms with E-state index in [2.05, 4.69) is 5.32 Å². The van der Waals surface area contributed by atoms with E-state index in [1.165, 1.54) is 0 Å². The molecule has 0 aliphatic carbocycles. The van der Waals surface area contributed by atoms with Gasteiger partial charge in [0.25, 0.3) is 0 Å². The minimum atomic E-state index is -0.621. The van der Waals surface area contributed by atoms with Gasteiger partial charge >= 0.3 is 5.97 Å². The molecule has 0 fully saturated rings. The Hall–Kier alpha value is -4.23. The number of carbonyl (C=O) groups is 3. The average molecular weight is 555 g/mol. The van der Waals surface area contributed by atoms with Crippen molar-refractivity contribution in [3.8, 4) is 0 Å². The van der Waals surface area contributed by atoms with E-state index in [1.807, 2.05) is 103 Å². The zero-order chi connectivity index (χ0) is 28.9. The summed E-state index contributed by atoms with van der Waals surface area (Å²) in [6.07, 6.45) is 5.16. The zero-order valence-corrected chi connectivity index (χ0v) is 23.2. The largest absolute Gasteiger partial charge is 0.463 e. The molecule has 3 aromatic rings. The predicted octanol–water partition coefficient (Wildman–Crippen LogP) is 4.62. The summed E-state index contributed by atoms with van der Waals surface area (Å²) in [5, 5.41) is 12.7. The lowest BCUT2D eigenvalue weighted by atomic mass is 9.94. The van der Waals surface area contributed by atoms with Crippen LogP contribution in [0.15, 0.2) is 103 Å². The molecule has 0 radical (unpaired) electrons. The lowest BCUT2D eigenvalue weighted by Crippen LogP contribution is -2.40. The second-order valence-electron chi connectivity index (χ2n) is 10.4. The maximum atomic E-state index is 13.6. The number of rotatable bonds is 9. The molecule has 0 saturated carbocycles. The molecular weight excluding hydrogens is 516 g/mol. The smallest absolute Gasteiger partial charge is 0.309 e. The van der Waals surface area contributed by atoms with E-state index in [1.54, 1.807) is 4.90 Å². The number of ether oxygens (including phenoxy) is 1. The molecule has 2 N–H and O–H groups in total. The molecule has 0 aromatic heterocycles. The van der Waals surface area contributed by atoms with Crippen molar-refractivity contribution in [1.29, 1.82) is 0 Å². The first-order valence-corrected chi connectivity index (χ1v) is 14.2. The summed E-state index contributed by atoms with van der Waals surface area (Å²) in [5.74, 6) is -1.77. The van der Waals surface area contributed by atoms with Gasteiger partial charge < -0.3 is 20.1 Å². The first-order valence-electron chi connectivity index (χ1n) is 14.2. The molecule has 2 amide bonds. The Morgan fingerprint density at radius 2 is 1.41 bits per heavy atom. The van der Waals surface area contributed by atoms with Crippen LogP contribution < -0.4 is 5.32 Å². The topological polar surface area (TPSA) is 95.9 Å². The van der Waals surface area contributed by atoms with Crippen LogP contribution in [-0.2, 0) is 32.1 Å². The van der Waals surface area contributed by atoms with Crippen LogP contribution in [0.4, 0.5) is 0 Å². The Morgan fingerprint density at radius 1 is 0.829 bits per heavy atom. The van der Waals surface area contributed by atoms with Gasteiger partial charge in [0.05, 0.1) is 24.5 Å². The molecule has 3 atom stereocenters. The highest BCUT2D eigenvalue weighted by atomic mass is 16.5. The summed E-state index contributed by atoms with van der Waals surface area (Å²) >= 11 is 0. The first kappa shape index (κ1) is 29.7. The number of hydrogen-bond acceptors (Lipinski definition) is 5. The SMILES string of the molecule is O=C1N[C@@H](c2ccccc2)COC(=O)[C@H](Cc2ccccc2)CC=CC[C@@H]1CC(=O)N(CCO)Cc1ccccc1. The maximum Gasteiger partial charge on any atom is 0.309 e. The first-order chi connectivity index (χ1) is 20.0. The van der Waals surface area contributed by atoms with E-state index in [0.29, 0.717) is 25.8 Å². The van der Waals surface area contributed by atoms with Crippen molar-refractivity contribution in [3.05, 3.63) is 120 Å². The molecule has 214 valence electrons. The average Bonchev–Trinajstić information content (AvgIpc) is 3.00. The number of cyclic esters (lactones) is 1. The second kappa shape index (κ2) is 15.5. The Bertz CT molecular complexity index is 1280. The summed E-state index contributed by atoms with van der Waals surface area (Å²) in [4.78, 5) is 41.7. The van der Waals surface area contributed by atoms with Crippen LogP contribution in [0.25, 0.3) is 0 Å². The molecule has 4 rings (SSSR count). The summed E-state index contributed by atoms with van der Waals surface area (Å²) in [7, 11) is 0. The molecule has 0 spiro atoms. The predicted molar refractivity (Wildman–Crippen MR) is 157 cm³/mol. The molecule has 41 heavy (non-hydrogen) atoms. The Labute approximate surface area is 241 Å². The fourth-order valence-corrected chi connectivity index (χ4v) is 5.00. The van der Waals surface area contributed by atoms with Gasteiger partial charge in [-0.3, -0.25) is 14.4 Å². The van der Waals surface area contributed by atoms with E-state index < -0.39 is 12.0 Å². The van der Waals surface area contributed by atoms with Gasteiger partial charge in [-0.1, -0.05) is 103 Å². The van der Waals surface area contributed by atoms with Crippen LogP contribution >= 0.6 is 0 Å². The van der Waals surface area contributed by atoms with Gasteiger partial charge in [0.1, 0.15) is 6.61 Å². The molecule has 7 nitrogen and oxygen atoms in total. The van der Waals surface area contributed by atoms with Gasteiger partial charge in [0.2, 0.25) is 11.8 Å². The minimum Gasteiger partial charge on any atom is -0.463 e. The highest BCUT2D eigenvalue weighted by molar-refractivity contribution is 5.86. The summed E-state index contributed by atoms with van der Waals surface area (Å²) < 4.78 is 5.78. The van der Waals surface area contributed by atoms with Crippen molar-refractivity contribution >= 4 is 17.8 Å². The molecule has 0 saturated heterocycles. The van der Waals surface area contributed by atoms with E-state index in [-0.39, 0.29) is 49.9 Å². The summed E-state index contributed by atoms with van der Waals surface area (Å²) in [6.45, 7) is 0.365. The Kier molecular flexibility index (Phi) is 11.3. The fourth-order valence-electron chi connectivity index (χ4n) is 5.00. The molecule has 0 bridgehead atoms. The van der Waals surface area contributed by atoms with Gasteiger partial charge in [-0.15, -0.1) is 0 Å². The number of benzene rings is 3. The lowest BCUT2D eigenvalue weighted by molar-refractivity contribution is -0.150. The van der Waals surface area contributed by atoms with Gasteiger partial charge in [0.15, 0.2) is 0 Å². The minimum absolute atomic E-state index is 0.00223. The lowest BCUT2D eigenvalue weighted by Gasteiger charge is -2.27. The van der Waals surface area contributed by atoms with Gasteiger partial charge in [-0.05, 0) is 36.0 Å². The Morgan fingerprint density at radius 3 is 2.05 bits per heavy atom. The number of hydrogen-bond donors (Lipinski definition) is 2. The van der Waals surface area contributed by atoms with E-state index in [0.717, 1.165) is 16.7 Å². The van der Waals surface area contributed by atoms with Crippen LogP contribution in [0.2, 0.25) is 0 Å². The van der Waals surface area contributed by atoms with Crippen LogP contribution in [0.5, 0.6) is 0 Å². The third-order valence-electron chi connectivity index (χ3n) is 7.31. The van der Waals surface area contributed by atoms with E-state index in [9.17, 15) is 19.5 Å². The summed E-state index contributed by atoms with van der Waals surface area (Å²) in [6, 6.07) is 28.3. The number of allylic oxidation sites excluding steroid dienone is 2. The highest BCUT2D eigenvalue weighted by Crippen LogP contribution is 2.22. The van der Waals surface area contributed by atoms with Crippen molar-refractivity contribution in [2.75, 3.05) is 19.8 Å². The second-order valence-corrected chi connectivity index (χ2v) is 10.4. The van der Waals surface area contributed by atoms with Crippen LogP contribution in [0.3, 0.4) is 0 Å². The number of carbonyl (C=O) groups excluding carboxylic acids is 3. The van der Waals surface area contributed by atoms with Crippen molar-refractivity contribution < 1.29 is 24.2 Å². The third kappa shape index (κ3) is 9.15. The molecule has 1 heterocycles. The monoisotopic (exact) mass is 554 g/mol. The fraction of sp³-hybridized carbons (Fsp3) is 0.324. The van der Waals surface area contributed by atoms with Crippen molar-refractivity contribution in [1.82, 2.24) is 10.2 Å². The maximum absolute atomic E-state index is 13.6. The van der Waals surface area contributed by atoms with Crippen LogP contribution in [0, 0.1) is 11.8 Å². The van der Waals surface area contributed by atoms with E-state index in [4.69, 9.17) is 4.74 Å². The zero-order valence-electron chi connectivity index (χ0n) is 23.2. The molecule has 0 unspecified atom stereocenters. The van der Waals surface area contributed by atoms with Gasteiger partial charge in [0, 0.05) is 19.5 Å². The number of aliphatic hydroxyl groups is 1. The van der Waals surface area contributed by atoms with Crippen LogP contribution in [-0.4, -0.2) is 47.5 Å². The molecule has 1 aliphatic heterocycles. The normalized spacial score (nSPS) is 19.8. The number of nitrogens with zero attached hydrogens (tertiary/aromatic N) is 1. The number of aliphatic hydroxyl groups excluding tert-OH is 1. The van der Waals surface area contributed by atoms with Crippen molar-refractivity contribution in [2.24, 2.45) is 11.8 Å². The van der Waals surface area contributed by atoms with E-state index >= 15 is 0 Å². The van der Waals surface area contributed by atoms with Gasteiger partial charge in [-0.2, -0.15) is 0 Å². The number of nitrogens with one attached hydrogen (secondary N) is 1.